The van der Waals surface area contributed by atoms with Gasteiger partial charge in [0.2, 0.25) is 0 Å². The number of rotatable bonds is 11. The van der Waals surface area contributed by atoms with Gasteiger partial charge in [-0.3, -0.25) is 0 Å². The molecule has 1 atom stereocenters. The first-order valence-electron chi connectivity index (χ1n) is 9.01. The highest BCUT2D eigenvalue weighted by Gasteiger charge is 2.16. The van der Waals surface area contributed by atoms with E-state index < -0.39 is 5.54 Å². The Morgan fingerprint density at radius 2 is 1.71 bits per heavy atom. The number of methoxy groups -OCH3 is 1. The van der Waals surface area contributed by atoms with E-state index in [0.29, 0.717) is 24.7 Å². The average molecular weight is 475 g/mol. The minimum Gasteiger partial charge on any atom is -0.493 e. The lowest BCUT2D eigenvalue weighted by molar-refractivity contribution is 0.200. The molecule has 0 aromatic heterocycles. The van der Waals surface area contributed by atoms with E-state index in [1.807, 2.05) is 49.4 Å². The van der Waals surface area contributed by atoms with Gasteiger partial charge in [0.25, 0.3) is 0 Å². The lowest BCUT2D eigenvalue weighted by atomic mass is 9.95. The molecule has 0 aliphatic rings. The maximum atomic E-state index is 9.21. The van der Waals surface area contributed by atoms with Gasteiger partial charge >= 0.3 is 0 Å². The van der Waals surface area contributed by atoms with E-state index in [1.54, 1.807) is 7.11 Å². The van der Waals surface area contributed by atoms with Gasteiger partial charge in [-0.25, -0.2) is 0 Å². The predicted octanol–water partition coefficient (Wildman–Crippen LogP) is 4.37. The van der Waals surface area contributed by atoms with Gasteiger partial charge in [-0.2, -0.15) is 0 Å². The quantitative estimate of drug-likeness (QED) is 0.473. The molecule has 0 heterocycles. The summed E-state index contributed by atoms with van der Waals surface area (Å²) < 4.78 is 17.8. The summed E-state index contributed by atoms with van der Waals surface area (Å²) >= 11 is 3.43. The topological polar surface area (TPSA) is 73.9 Å². The number of halogens is 2. The molecule has 156 valence electrons. The monoisotopic (exact) mass is 473 g/mol. The van der Waals surface area contributed by atoms with Crippen LogP contribution in [0.1, 0.15) is 25.3 Å². The molecule has 0 aliphatic carbocycles. The van der Waals surface area contributed by atoms with Crippen LogP contribution in [0.2, 0.25) is 0 Å². The molecule has 2 rings (SSSR count). The molecule has 0 saturated heterocycles. The van der Waals surface area contributed by atoms with Gasteiger partial charge in [0.1, 0.15) is 5.75 Å². The number of aliphatic hydroxyl groups is 1. The van der Waals surface area contributed by atoms with Crippen molar-refractivity contribution in [2.75, 3.05) is 26.9 Å². The van der Waals surface area contributed by atoms with Crippen molar-refractivity contribution < 1.29 is 19.3 Å². The molecule has 0 unspecified atom stereocenters. The zero-order valence-corrected chi connectivity index (χ0v) is 18.7. The van der Waals surface area contributed by atoms with E-state index in [1.165, 1.54) is 5.56 Å². The van der Waals surface area contributed by atoms with Crippen LogP contribution >= 0.6 is 28.3 Å². The normalized spacial score (nSPS) is 12.6. The van der Waals surface area contributed by atoms with E-state index in [-0.39, 0.29) is 19.0 Å². The highest BCUT2D eigenvalue weighted by Crippen LogP contribution is 2.30. The predicted molar refractivity (Wildman–Crippen MR) is 118 cm³/mol. The maximum Gasteiger partial charge on any atom is 0.162 e. The summed E-state index contributed by atoms with van der Waals surface area (Å²) in [5, 5.41) is 9.21. The third-order valence-corrected chi connectivity index (χ3v) is 4.70. The van der Waals surface area contributed by atoms with E-state index in [4.69, 9.17) is 19.9 Å². The third-order valence-electron chi connectivity index (χ3n) is 4.21. The molecule has 0 saturated carbocycles. The van der Waals surface area contributed by atoms with Gasteiger partial charge < -0.3 is 25.1 Å². The van der Waals surface area contributed by atoms with Crippen LogP contribution in [-0.4, -0.2) is 37.6 Å². The fourth-order valence-corrected chi connectivity index (χ4v) is 2.80. The average Bonchev–Trinajstić information content (AvgIpc) is 2.67. The van der Waals surface area contributed by atoms with Crippen LogP contribution in [0.5, 0.6) is 17.2 Å². The second-order valence-electron chi connectivity index (χ2n) is 6.80. The van der Waals surface area contributed by atoms with Gasteiger partial charge in [0.05, 0.1) is 26.9 Å². The van der Waals surface area contributed by atoms with E-state index in [0.717, 1.165) is 29.5 Å². The summed E-state index contributed by atoms with van der Waals surface area (Å²) in [6, 6.07) is 13.7. The van der Waals surface area contributed by atoms with Crippen LogP contribution in [0.4, 0.5) is 0 Å². The number of ether oxygens (including phenoxy) is 3. The van der Waals surface area contributed by atoms with Gasteiger partial charge in [-0.05, 0) is 55.7 Å². The Bertz CT molecular complexity index is 710. The first-order chi connectivity index (χ1) is 12.9. The molecule has 5 nitrogen and oxygen atoms in total. The number of hydrogen-bond donors (Lipinski definition) is 2. The Hall–Kier alpha value is -1.47. The summed E-state index contributed by atoms with van der Waals surface area (Å²) in [4.78, 5) is 0. The zero-order valence-electron chi connectivity index (χ0n) is 16.3. The summed E-state index contributed by atoms with van der Waals surface area (Å²) in [6.07, 6.45) is 2.33. The Kier molecular flexibility index (Phi) is 10.7. The second-order valence-corrected chi connectivity index (χ2v) is 7.72. The van der Waals surface area contributed by atoms with Gasteiger partial charge in [0, 0.05) is 16.4 Å². The number of aryl methyl sites for hydroxylation is 1. The first-order valence-corrected chi connectivity index (χ1v) is 9.80. The molecule has 2 aromatic rings. The summed E-state index contributed by atoms with van der Waals surface area (Å²) in [7, 11) is 1.63. The molecule has 0 aliphatic heterocycles. The van der Waals surface area contributed by atoms with Crippen molar-refractivity contribution in [1.29, 1.82) is 0 Å². The van der Waals surface area contributed by atoms with Crippen LogP contribution in [0.3, 0.4) is 0 Å². The van der Waals surface area contributed by atoms with Crippen molar-refractivity contribution in [3.8, 4) is 17.2 Å². The van der Waals surface area contributed by atoms with Crippen molar-refractivity contribution in [2.24, 2.45) is 5.73 Å². The first kappa shape index (κ1) is 24.6. The van der Waals surface area contributed by atoms with E-state index in [9.17, 15) is 5.11 Å². The fraction of sp³-hybridized carbons (Fsp3) is 0.429. The van der Waals surface area contributed by atoms with Crippen LogP contribution in [-0.2, 0) is 6.42 Å². The van der Waals surface area contributed by atoms with Crippen molar-refractivity contribution in [2.45, 2.75) is 31.7 Å². The largest absolute Gasteiger partial charge is 0.493 e. The Morgan fingerprint density at radius 3 is 2.36 bits per heavy atom. The van der Waals surface area contributed by atoms with Crippen molar-refractivity contribution in [1.82, 2.24) is 0 Å². The lowest BCUT2D eigenvalue weighted by Gasteiger charge is -2.21. The van der Waals surface area contributed by atoms with Crippen LogP contribution < -0.4 is 19.9 Å². The number of nitrogens with two attached hydrogens (primary N) is 1. The van der Waals surface area contributed by atoms with Crippen LogP contribution in [0.15, 0.2) is 46.9 Å². The highest BCUT2D eigenvalue weighted by atomic mass is 79.9. The van der Waals surface area contributed by atoms with Crippen molar-refractivity contribution >= 4 is 28.3 Å². The highest BCUT2D eigenvalue weighted by molar-refractivity contribution is 9.10. The summed E-state index contributed by atoms with van der Waals surface area (Å²) in [6.45, 7) is 2.96. The summed E-state index contributed by atoms with van der Waals surface area (Å²) in [5.41, 5.74) is 6.60. The minimum atomic E-state index is -0.536. The number of aliphatic hydroxyl groups excluding tert-OH is 1. The zero-order chi connectivity index (χ0) is 19.7. The summed E-state index contributed by atoms with van der Waals surface area (Å²) in [5.74, 6) is 2.26. The Balaban J connectivity index is 0.00000392. The molecule has 0 radical (unpaired) electrons. The lowest BCUT2D eigenvalue weighted by Crippen LogP contribution is -2.40. The molecule has 7 heteroatoms. The molecule has 28 heavy (non-hydrogen) atoms. The van der Waals surface area contributed by atoms with Crippen LogP contribution in [0, 0.1) is 0 Å². The minimum absolute atomic E-state index is 0. The molecule has 0 bridgehead atoms. The maximum absolute atomic E-state index is 9.21. The molecule has 2 aromatic carbocycles. The third kappa shape index (κ3) is 8.27. The number of hydrogen-bond acceptors (Lipinski definition) is 5. The second kappa shape index (κ2) is 12.2. The standard InChI is InChI=1S/C21H28BrNO4.ClH/c1-21(23,15-24)11-10-16-4-7-18(8-5-16)26-12-3-13-27-20-14-17(22)6-9-19(20)25-2;/h4-9,14,24H,3,10-13,15,23H2,1-2H3;1H/t21-;/m1./s1. The molecule has 0 fully saturated rings. The van der Waals surface area contributed by atoms with Crippen LogP contribution in [0.25, 0.3) is 0 Å². The van der Waals surface area contributed by atoms with E-state index >= 15 is 0 Å². The Labute approximate surface area is 181 Å². The molecule has 0 amide bonds. The fourth-order valence-electron chi connectivity index (χ4n) is 2.46. The Morgan fingerprint density at radius 1 is 1.04 bits per heavy atom. The molecular weight excluding hydrogens is 446 g/mol. The van der Waals surface area contributed by atoms with Gasteiger partial charge in [0.15, 0.2) is 11.5 Å². The van der Waals surface area contributed by atoms with Gasteiger partial charge in [-0.15, -0.1) is 12.4 Å². The SMILES string of the molecule is COc1ccc(Br)cc1OCCCOc1ccc(CC[C@@](C)(N)CO)cc1.Cl. The molecule has 3 N–H and O–H groups in total. The number of benzene rings is 2. The molecular formula is C21H29BrClNO4. The molecule has 0 spiro atoms. The van der Waals surface area contributed by atoms with Gasteiger partial charge in [-0.1, -0.05) is 28.1 Å². The smallest absolute Gasteiger partial charge is 0.162 e. The van der Waals surface area contributed by atoms with Crippen molar-refractivity contribution in [3.05, 3.63) is 52.5 Å². The van der Waals surface area contributed by atoms with Crippen molar-refractivity contribution in [3.63, 3.8) is 0 Å². The van der Waals surface area contributed by atoms with E-state index in [2.05, 4.69) is 15.9 Å².